The van der Waals surface area contributed by atoms with Crippen molar-refractivity contribution in [2.45, 2.75) is 37.1 Å². The van der Waals surface area contributed by atoms with E-state index in [9.17, 15) is 13.2 Å². The molecule has 1 aliphatic rings. The second-order valence-corrected chi connectivity index (χ2v) is 10.6. The molecule has 0 bridgehead atoms. The van der Waals surface area contributed by atoms with Gasteiger partial charge in [0.1, 0.15) is 0 Å². The maximum atomic E-state index is 13.2. The van der Waals surface area contributed by atoms with Crippen LogP contribution in [0.1, 0.15) is 35.6 Å². The summed E-state index contributed by atoms with van der Waals surface area (Å²) in [6, 6.07) is 26.9. The Morgan fingerprint density at radius 3 is 2.09 bits per heavy atom. The molecular weight excluding hydrogens is 432 g/mol. The minimum atomic E-state index is -3.53. The van der Waals surface area contributed by atoms with Crippen molar-refractivity contribution >= 4 is 15.9 Å². The number of benzene rings is 3. The van der Waals surface area contributed by atoms with E-state index in [4.69, 9.17) is 0 Å². The average Bonchev–Trinajstić information content (AvgIpc) is 2.85. The predicted molar refractivity (Wildman–Crippen MR) is 130 cm³/mol. The second kappa shape index (κ2) is 10.3. The minimum Gasteiger partial charge on any atom is -0.349 e. The highest BCUT2D eigenvalue weighted by Gasteiger charge is 2.32. The van der Waals surface area contributed by atoms with Crippen LogP contribution in [-0.4, -0.2) is 31.7 Å². The van der Waals surface area contributed by atoms with Crippen LogP contribution >= 0.6 is 0 Å². The summed E-state index contributed by atoms with van der Waals surface area (Å²) in [5.74, 6) is -0.205. The van der Waals surface area contributed by atoms with Crippen molar-refractivity contribution in [3.63, 3.8) is 0 Å². The number of aryl methyl sites for hydroxylation is 1. The SMILES string of the molecule is Cc1ccc(S(=O)(=O)N2CCC(C(=O)NC(Cc3ccccc3)c3ccccc3)CC2)cc1. The van der Waals surface area contributed by atoms with Crippen LogP contribution in [0.3, 0.4) is 0 Å². The van der Waals surface area contributed by atoms with Crippen molar-refractivity contribution in [1.82, 2.24) is 9.62 Å². The number of piperidine rings is 1. The topological polar surface area (TPSA) is 66.5 Å². The van der Waals surface area contributed by atoms with Crippen LogP contribution in [0, 0.1) is 12.8 Å². The zero-order valence-corrected chi connectivity index (χ0v) is 19.7. The molecule has 1 aliphatic heterocycles. The van der Waals surface area contributed by atoms with Gasteiger partial charge in [0.15, 0.2) is 0 Å². The summed E-state index contributed by atoms with van der Waals surface area (Å²) in [6.07, 6.45) is 1.74. The fraction of sp³-hybridized carbons (Fsp3) is 0.296. The quantitative estimate of drug-likeness (QED) is 0.562. The fourth-order valence-corrected chi connectivity index (χ4v) is 5.76. The van der Waals surface area contributed by atoms with Crippen LogP contribution < -0.4 is 5.32 Å². The number of sulfonamides is 1. The van der Waals surface area contributed by atoms with Crippen LogP contribution in [0.25, 0.3) is 0 Å². The molecule has 1 heterocycles. The first-order valence-corrected chi connectivity index (χ1v) is 12.8. The Hall–Kier alpha value is -2.96. The summed E-state index contributed by atoms with van der Waals surface area (Å²) in [4.78, 5) is 13.5. The molecule has 1 atom stereocenters. The first-order valence-electron chi connectivity index (χ1n) is 11.4. The van der Waals surface area contributed by atoms with E-state index in [1.807, 2.05) is 67.6 Å². The number of hydrogen-bond acceptors (Lipinski definition) is 3. The Bertz CT molecular complexity index is 1160. The number of amides is 1. The summed E-state index contributed by atoms with van der Waals surface area (Å²) >= 11 is 0. The highest BCUT2D eigenvalue weighted by atomic mass is 32.2. The Balaban J connectivity index is 1.41. The summed E-state index contributed by atoms with van der Waals surface area (Å²) in [7, 11) is -3.53. The average molecular weight is 463 g/mol. The molecule has 0 saturated carbocycles. The predicted octanol–water partition coefficient (Wildman–Crippen LogP) is 4.50. The van der Waals surface area contributed by atoms with Crippen molar-refractivity contribution in [3.8, 4) is 0 Å². The molecule has 0 spiro atoms. The molecule has 172 valence electrons. The van der Waals surface area contributed by atoms with E-state index in [0.29, 0.717) is 37.2 Å². The first-order chi connectivity index (χ1) is 15.9. The fourth-order valence-electron chi connectivity index (χ4n) is 4.29. The van der Waals surface area contributed by atoms with Crippen LogP contribution in [0.2, 0.25) is 0 Å². The number of nitrogens with zero attached hydrogens (tertiary/aromatic N) is 1. The molecule has 0 aliphatic carbocycles. The van der Waals surface area contributed by atoms with E-state index >= 15 is 0 Å². The Kier molecular flexibility index (Phi) is 7.26. The van der Waals surface area contributed by atoms with Crippen molar-refractivity contribution in [3.05, 3.63) is 102 Å². The third-order valence-electron chi connectivity index (χ3n) is 6.28. The number of rotatable bonds is 7. The van der Waals surface area contributed by atoms with Gasteiger partial charge >= 0.3 is 0 Å². The largest absolute Gasteiger partial charge is 0.349 e. The van der Waals surface area contributed by atoms with Gasteiger partial charge in [-0.1, -0.05) is 78.4 Å². The molecule has 4 rings (SSSR count). The molecule has 5 nitrogen and oxygen atoms in total. The number of carbonyl (C=O) groups is 1. The standard InChI is InChI=1S/C27H30N2O3S/c1-21-12-14-25(15-13-21)33(31,32)29-18-16-24(17-19-29)27(30)28-26(23-10-6-3-7-11-23)20-22-8-4-2-5-9-22/h2-15,24,26H,16-20H2,1H3,(H,28,30). The van der Waals surface area contributed by atoms with Gasteiger partial charge in [0.2, 0.25) is 15.9 Å². The molecule has 6 heteroatoms. The Morgan fingerprint density at radius 1 is 0.909 bits per heavy atom. The van der Waals surface area contributed by atoms with E-state index < -0.39 is 10.0 Å². The van der Waals surface area contributed by atoms with Crippen LogP contribution in [0.4, 0.5) is 0 Å². The lowest BCUT2D eigenvalue weighted by molar-refractivity contribution is -0.126. The van der Waals surface area contributed by atoms with Crippen molar-refractivity contribution in [2.24, 2.45) is 5.92 Å². The van der Waals surface area contributed by atoms with Gasteiger partial charge in [0.05, 0.1) is 10.9 Å². The van der Waals surface area contributed by atoms with E-state index in [1.54, 1.807) is 12.1 Å². The number of hydrogen-bond donors (Lipinski definition) is 1. The Morgan fingerprint density at radius 2 is 1.48 bits per heavy atom. The first kappa shape index (κ1) is 23.2. The third-order valence-corrected chi connectivity index (χ3v) is 8.20. The molecule has 33 heavy (non-hydrogen) atoms. The monoisotopic (exact) mass is 462 g/mol. The third kappa shape index (κ3) is 5.70. The highest BCUT2D eigenvalue weighted by Crippen LogP contribution is 2.26. The van der Waals surface area contributed by atoms with Gasteiger partial charge in [-0.3, -0.25) is 4.79 Å². The lowest BCUT2D eigenvalue weighted by Crippen LogP contribution is -2.43. The van der Waals surface area contributed by atoms with Crippen LogP contribution in [0.5, 0.6) is 0 Å². The zero-order chi connectivity index (χ0) is 23.3. The molecule has 1 fully saturated rings. The van der Waals surface area contributed by atoms with Gasteiger partial charge in [-0.15, -0.1) is 0 Å². The normalized spacial score (nSPS) is 16.3. The highest BCUT2D eigenvalue weighted by molar-refractivity contribution is 7.89. The number of carbonyl (C=O) groups excluding carboxylic acids is 1. The molecule has 0 aromatic heterocycles. The molecular formula is C27H30N2O3S. The summed E-state index contributed by atoms with van der Waals surface area (Å²) in [6.45, 7) is 2.63. The molecule has 1 amide bonds. The minimum absolute atomic E-state index is 0.00725. The van der Waals surface area contributed by atoms with Gasteiger partial charge in [-0.25, -0.2) is 8.42 Å². The van der Waals surface area contributed by atoms with Crippen molar-refractivity contribution in [1.29, 1.82) is 0 Å². The van der Waals surface area contributed by atoms with E-state index in [-0.39, 0.29) is 17.9 Å². The maximum absolute atomic E-state index is 13.2. The molecule has 1 N–H and O–H groups in total. The summed E-state index contributed by atoms with van der Waals surface area (Å²) in [5.41, 5.74) is 3.24. The molecule has 3 aromatic rings. The van der Waals surface area contributed by atoms with Gasteiger partial charge in [0, 0.05) is 19.0 Å². The lowest BCUT2D eigenvalue weighted by Gasteiger charge is -2.31. The molecule has 3 aromatic carbocycles. The van der Waals surface area contributed by atoms with Gasteiger partial charge < -0.3 is 5.32 Å². The zero-order valence-electron chi connectivity index (χ0n) is 18.9. The molecule has 1 saturated heterocycles. The van der Waals surface area contributed by atoms with E-state index in [1.165, 1.54) is 4.31 Å². The second-order valence-electron chi connectivity index (χ2n) is 8.65. The van der Waals surface area contributed by atoms with E-state index in [2.05, 4.69) is 17.4 Å². The van der Waals surface area contributed by atoms with Crippen molar-refractivity contribution in [2.75, 3.05) is 13.1 Å². The van der Waals surface area contributed by atoms with Gasteiger partial charge in [-0.2, -0.15) is 4.31 Å². The lowest BCUT2D eigenvalue weighted by atomic mass is 9.94. The Labute approximate surface area is 196 Å². The maximum Gasteiger partial charge on any atom is 0.243 e. The summed E-state index contributed by atoms with van der Waals surface area (Å²) in [5, 5.41) is 3.24. The van der Waals surface area contributed by atoms with Gasteiger partial charge in [0.25, 0.3) is 0 Å². The van der Waals surface area contributed by atoms with E-state index in [0.717, 1.165) is 16.7 Å². The van der Waals surface area contributed by atoms with Crippen LogP contribution in [0.15, 0.2) is 89.8 Å². The molecule has 1 unspecified atom stereocenters. The smallest absolute Gasteiger partial charge is 0.243 e. The number of nitrogens with one attached hydrogen (secondary N) is 1. The van der Waals surface area contributed by atoms with Crippen LogP contribution in [-0.2, 0) is 21.2 Å². The van der Waals surface area contributed by atoms with Crippen molar-refractivity contribution < 1.29 is 13.2 Å². The molecule has 0 radical (unpaired) electrons. The summed E-state index contributed by atoms with van der Waals surface area (Å²) < 4.78 is 27.4. The van der Waals surface area contributed by atoms with Gasteiger partial charge in [-0.05, 0) is 49.4 Å².